The first-order valence-electron chi connectivity index (χ1n) is 8.90. The average molecular weight is 329 g/mol. The molecule has 2 aromatic heterocycles. The van der Waals surface area contributed by atoms with Gasteiger partial charge in [-0.25, -0.2) is 4.57 Å². The second-order valence-corrected chi connectivity index (χ2v) is 7.86. The van der Waals surface area contributed by atoms with E-state index < -0.39 is 0 Å². The Morgan fingerprint density at radius 3 is 2.32 bits per heavy atom. The van der Waals surface area contributed by atoms with E-state index in [9.17, 15) is 0 Å². The minimum absolute atomic E-state index is 0.101. The summed E-state index contributed by atoms with van der Waals surface area (Å²) in [6.07, 6.45) is 2.20. The van der Waals surface area contributed by atoms with Crippen molar-refractivity contribution in [1.29, 1.82) is 0 Å². The Balaban J connectivity index is 2.09. The molecule has 0 bridgehead atoms. The third-order valence-electron chi connectivity index (χ3n) is 5.49. The van der Waals surface area contributed by atoms with Crippen LogP contribution in [0.25, 0.3) is 22.4 Å². The molecule has 4 rings (SSSR count). The van der Waals surface area contributed by atoms with Crippen molar-refractivity contribution in [2.45, 2.75) is 40.0 Å². The normalized spacial score (nSPS) is 14.3. The van der Waals surface area contributed by atoms with Crippen molar-refractivity contribution in [1.82, 2.24) is 4.98 Å². The lowest BCUT2D eigenvalue weighted by Crippen LogP contribution is -2.32. The van der Waals surface area contributed by atoms with Crippen molar-refractivity contribution in [2.75, 3.05) is 0 Å². The summed E-state index contributed by atoms with van der Waals surface area (Å²) in [4.78, 5) is 4.92. The SMILES string of the molecule is Cc1ccc(-c2c(C)ccc3c2C(C)(C)c2nc(C)ccc2-3)[n+](C)c1. The van der Waals surface area contributed by atoms with Gasteiger partial charge in [-0.15, -0.1) is 0 Å². The molecule has 1 aromatic carbocycles. The number of fused-ring (bicyclic) bond motifs is 3. The summed E-state index contributed by atoms with van der Waals surface area (Å²) in [7, 11) is 2.14. The van der Waals surface area contributed by atoms with Gasteiger partial charge < -0.3 is 0 Å². The van der Waals surface area contributed by atoms with Gasteiger partial charge in [-0.2, -0.15) is 0 Å². The number of hydrogen-bond donors (Lipinski definition) is 0. The zero-order chi connectivity index (χ0) is 17.9. The molecule has 0 amide bonds. The molecule has 0 saturated carbocycles. The first-order valence-corrected chi connectivity index (χ1v) is 8.90. The highest BCUT2D eigenvalue weighted by Gasteiger charge is 2.40. The van der Waals surface area contributed by atoms with Crippen LogP contribution in [0.4, 0.5) is 0 Å². The Morgan fingerprint density at radius 2 is 1.60 bits per heavy atom. The summed E-state index contributed by atoms with van der Waals surface area (Å²) in [6.45, 7) is 11.0. The molecule has 2 heteroatoms. The molecule has 0 unspecified atom stereocenters. The van der Waals surface area contributed by atoms with Crippen molar-refractivity contribution in [2.24, 2.45) is 7.05 Å². The van der Waals surface area contributed by atoms with Crippen LogP contribution >= 0.6 is 0 Å². The molecule has 1 aliphatic rings. The number of rotatable bonds is 1. The zero-order valence-electron chi connectivity index (χ0n) is 15.9. The molecule has 2 heterocycles. The van der Waals surface area contributed by atoms with E-state index in [2.05, 4.69) is 88.8 Å². The van der Waals surface area contributed by atoms with Gasteiger partial charge in [-0.1, -0.05) is 32.0 Å². The topological polar surface area (TPSA) is 16.8 Å². The van der Waals surface area contributed by atoms with Gasteiger partial charge >= 0.3 is 0 Å². The molecule has 0 atom stereocenters. The van der Waals surface area contributed by atoms with Crippen LogP contribution in [0.5, 0.6) is 0 Å². The van der Waals surface area contributed by atoms with Gasteiger partial charge in [0.1, 0.15) is 7.05 Å². The van der Waals surface area contributed by atoms with Crippen LogP contribution in [0, 0.1) is 20.8 Å². The fourth-order valence-corrected chi connectivity index (χ4v) is 4.29. The highest BCUT2D eigenvalue weighted by Crippen LogP contribution is 2.51. The summed E-state index contributed by atoms with van der Waals surface area (Å²) in [5.41, 5.74) is 11.4. The van der Waals surface area contributed by atoms with Crippen LogP contribution in [-0.4, -0.2) is 4.98 Å². The first-order chi connectivity index (χ1) is 11.8. The molecule has 0 radical (unpaired) electrons. The molecule has 3 aromatic rings. The average Bonchev–Trinajstić information content (AvgIpc) is 2.76. The predicted octanol–water partition coefficient (Wildman–Crippen LogP) is 4.80. The summed E-state index contributed by atoms with van der Waals surface area (Å²) in [6, 6.07) is 13.3. The van der Waals surface area contributed by atoms with Gasteiger partial charge in [-0.3, -0.25) is 4.98 Å². The second kappa shape index (κ2) is 5.26. The first kappa shape index (κ1) is 16.0. The number of hydrogen-bond acceptors (Lipinski definition) is 1. The van der Waals surface area contributed by atoms with Gasteiger partial charge in [0.2, 0.25) is 5.69 Å². The van der Waals surface area contributed by atoms with E-state index in [-0.39, 0.29) is 5.41 Å². The van der Waals surface area contributed by atoms with E-state index in [1.54, 1.807) is 0 Å². The summed E-state index contributed by atoms with van der Waals surface area (Å²) in [5, 5.41) is 0. The number of aromatic nitrogens is 2. The predicted molar refractivity (Wildman–Crippen MR) is 103 cm³/mol. The molecule has 0 spiro atoms. The summed E-state index contributed by atoms with van der Waals surface area (Å²) >= 11 is 0. The largest absolute Gasteiger partial charge is 0.257 e. The van der Waals surface area contributed by atoms with Gasteiger partial charge in [0.15, 0.2) is 6.20 Å². The Kier molecular flexibility index (Phi) is 3.37. The molecule has 0 N–H and O–H groups in total. The standard InChI is InChI=1S/C23H25N2/c1-14-7-12-19(25(6)13-14)20-15(2)8-10-17-18-11-9-16(3)24-22(18)23(4,5)21(17)20/h7-13H,1-6H3/q+1. The fraction of sp³-hybridized carbons (Fsp3) is 0.304. The Hall–Kier alpha value is -2.48. The minimum atomic E-state index is -0.101. The van der Waals surface area contributed by atoms with Crippen molar-refractivity contribution >= 4 is 0 Å². The Morgan fingerprint density at radius 1 is 0.880 bits per heavy atom. The lowest BCUT2D eigenvalue weighted by Gasteiger charge is -2.24. The van der Waals surface area contributed by atoms with Crippen molar-refractivity contribution in [3.63, 3.8) is 0 Å². The van der Waals surface area contributed by atoms with Crippen LogP contribution in [0.2, 0.25) is 0 Å². The second-order valence-electron chi connectivity index (χ2n) is 7.86. The van der Waals surface area contributed by atoms with E-state index in [1.165, 1.54) is 44.8 Å². The molecule has 2 nitrogen and oxygen atoms in total. The molecular formula is C23H25N2+. The van der Waals surface area contributed by atoms with Crippen LogP contribution in [-0.2, 0) is 12.5 Å². The van der Waals surface area contributed by atoms with Crippen LogP contribution < -0.4 is 4.57 Å². The molecular weight excluding hydrogens is 304 g/mol. The molecule has 0 fully saturated rings. The maximum absolute atomic E-state index is 4.92. The zero-order valence-corrected chi connectivity index (χ0v) is 15.9. The summed E-state index contributed by atoms with van der Waals surface area (Å²) in [5.74, 6) is 0. The summed E-state index contributed by atoms with van der Waals surface area (Å²) < 4.78 is 2.25. The Labute approximate surface area is 150 Å². The highest BCUT2D eigenvalue weighted by molar-refractivity contribution is 5.87. The highest BCUT2D eigenvalue weighted by atomic mass is 14.9. The third kappa shape index (κ3) is 2.24. The molecule has 126 valence electrons. The fourth-order valence-electron chi connectivity index (χ4n) is 4.29. The van der Waals surface area contributed by atoms with Crippen LogP contribution in [0.1, 0.15) is 41.9 Å². The van der Waals surface area contributed by atoms with Gasteiger partial charge in [0, 0.05) is 28.3 Å². The van der Waals surface area contributed by atoms with E-state index in [1.807, 2.05) is 0 Å². The maximum Gasteiger partial charge on any atom is 0.212 e. The monoisotopic (exact) mass is 329 g/mol. The molecule has 25 heavy (non-hydrogen) atoms. The number of pyridine rings is 2. The van der Waals surface area contributed by atoms with Gasteiger partial charge in [-0.05, 0) is 49.6 Å². The minimum Gasteiger partial charge on any atom is -0.257 e. The molecule has 0 aliphatic heterocycles. The van der Waals surface area contributed by atoms with Crippen molar-refractivity contribution in [3.8, 4) is 22.4 Å². The van der Waals surface area contributed by atoms with E-state index in [0.717, 1.165) is 5.69 Å². The number of aryl methyl sites for hydroxylation is 4. The van der Waals surface area contributed by atoms with Gasteiger partial charge in [0.05, 0.1) is 11.3 Å². The molecule has 0 saturated heterocycles. The molecule has 1 aliphatic carbocycles. The van der Waals surface area contributed by atoms with Gasteiger partial charge in [0.25, 0.3) is 0 Å². The number of benzene rings is 1. The maximum atomic E-state index is 4.92. The van der Waals surface area contributed by atoms with E-state index in [4.69, 9.17) is 4.98 Å². The van der Waals surface area contributed by atoms with Crippen molar-refractivity contribution in [3.05, 3.63) is 70.7 Å². The smallest absolute Gasteiger partial charge is 0.212 e. The van der Waals surface area contributed by atoms with Crippen molar-refractivity contribution < 1.29 is 4.57 Å². The van der Waals surface area contributed by atoms with Crippen LogP contribution in [0.15, 0.2) is 42.6 Å². The third-order valence-corrected chi connectivity index (χ3v) is 5.49. The van der Waals surface area contributed by atoms with E-state index >= 15 is 0 Å². The lowest BCUT2D eigenvalue weighted by molar-refractivity contribution is -0.660. The Bertz CT molecular complexity index is 1010. The lowest BCUT2D eigenvalue weighted by atomic mass is 9.80. The quantitative estimate of drug-likeness (QED) is 0.586. The van der Waals surface area contributed by atoms with E-state index in [0.29, 0.717) is 0 Å². The number of nitrogens with zero attached hydrogens (tertiary/aromatic N) is 2. The van der Waals surface area contributed by atoms with Crippen LogP contribution in [0.3, 0.4) is 0 Å².